The van der Waals surface area contributed by atoms with E-state index < -0.39 is 0 Å². The maximum absolute atomic E-state index is 6.50. The summed E-state index contributed by atoms with van der Waals surface area (Å²) in [6.07, 6.45) is 11.2. The number of benzene rings is 2. The molecule has 0 radical (unpaired) electrons. The lowest BCUT2D eigenvalue weighted by Crippen LogP contribution is -3.13. The molecule has 2 heterocycles. The zero-order chi connectivity index (χ0) is 23.9. The minimum atomic E-state index is 0.271. The number of oxazole rings is 1. The molecule has 4 unspecified atom stereocenters. The van der Waals surface area contributed by atoms with Gasteiger partial charge in [-0.05, 0) is 35.8 Å². The van der Waals surface area contributed by atoms with Gasteiger partial charge in [-0.25, -0.2) is 4.98 Å². The summed E-state index contributed by atoms with van der Waals surface area (Å²) >= 11 is 0. The van der Waals surface area contributed by atoms with Crippen LogP contribution in [0.3, 0.4) is 0 Å². The van der Waals surface area contributed by atoms with Gasteiger partial charge < -0.3 is 14.1 Å². The van der Waals surface area contributed by atoms with E-state index in [9.17, 15) is 0 Å². The number of hydrogen-bond acceptors (Lipinski definition) is 3. The first-order valence-electron chi connectivity index (χ1n) is 13.8. The Morgan fingerprint density at radius 2 is 1.71 bits per heavy atom. The van der Waals surface area contributed by atoms with Gasteiger partial charge in [-0.1, -0.05) is 93.3 Å². The monoisotopic (exact) mass is 473 g/mol. The summed E-state index contributed by atoms with van der Waals surface area (Å²) in [5, 5.41) is 0. The van der Waals surface area contributed by atoms with Crippen molar-refractivity contribution in [1.82, 2.24) is 4.98 Å². The first kappa shape index (κ1) is 24.3. The second-order valence-corrected chi connectivity index (χ2v) is 10.6. The van der Waals surface area contributed by atoms with Crippen molar-refractivity contribution in [2.24, 2.45) is 11.8 Å². The molecular weight excluding hydrogens is 432 g/mol. The Morgan fingerprint density at radius 3 is 2.46 bits per heavy atom. The minimum Gasteiger partial charge on any atom is -0.439 e. The third kappa shape index (κ3) is 6.23. The molecule has 4 heteroatoms. The normalized spacial score (nSPS) is 24.3. The maximum Gasteiger partial charge on any atom is 0.202 e. The average Bonchev–Trinajstić information content (AvgIpc) is 3.37. The van der Waals surface area contributed by atoms with E-state index in [4.69, 9.17) is 14.1 Å². The molecule has 0 spiro atoms. The van der Waals surface area contributed by atoms with Gasteiger partial charge in [0.05, 0.1) is 25.3 Å². The third-order valence-electron chi connectivity index (χ3n) is 8.26. The molecule has 4 atom stereocenters. The van der Waals surface area contributed by atoms with E-state index in [1.54, 1.807) is 4.90 Å². The van der Waals surface area contributed by atoms with Crippen molar-refractivity contribution in [3.63, 3.8) is 0 Å². The third-order valence-corrected chi connectivity index (χ3v) is 8.26. The summed E-state index contributed by atoms with van der Waals surface area (Å²) in [6.45, 7) is 6.09. The Balaban J connectivity index is 1.25. The van der Waals surface area contributed by atoms with Crippen LogP contribution in [0.2, 0.25) is 0 Å². The van der Waals surface area contributed by atoms with Crippen molar-refractivity contribution in [1.29, 1.82) is 0 Å². The van der Waals surface area contributed by atoms with Gasteiger partial charge in [0.1, 0.15) is 19.2 Å². The van der Waals surface area contributed by atoms with E-state index in [2.05, 4.69) is 67.6 Å². The van der Waals surface area contributed by atoms with Crippen LogP contribution in [0.15, 0.2) is 71.3 Å². The van der Waals surface area contributed by atoms with Crippen LogP contribution in [-0.4, -0.2) is 24.2 Å². The smallest absolute Gasteiger partial charge is 0.202 e. The van der Waals surface area contributed by atoms with Crippen molar-refractivity contribution < 1.29 is 14.1 Å². The molecule has 4 nitrogen and oxygen atoms in total. The van der Waals surface area contributed by atoms with Crippen LogP contribution < -0.4 is 4.90 Å². The average molecular weight is 474 g/mol. The van der Waals surface area contributed by atoms with Crippen LogP contribution in [0, 0.1) is 11.8 Å². The van der Waals surface area contributed by atoms with Crippen LogP contribution in [0.25, 0.3) is 0 Å². The Bertz CT molecular complexity index is 1010. The molecule has 0 amide bonds. The first-order chi connectivity index (χ1) is 17.3. The Morgan fingerprint density at radius 1 is 0.971 bits per heavy atom. The van der Waals surface area contributed by atoms with Gasteiger partial charge in [-0.3, -0.25) is 0 Å². The maximum atomic E-state index is 6.50. The number of rotatable bonds is 9. The van der Waals surface area contributed by atoms with Gasteiger partial charge in [-0.15, -0.1) is 0 Å². The molecule has 0 bridgehead atoms. The van der Waals surface area contributed by atoms with Gasteiger partial charge in [0.2, 0.25) is 5.89 Å². The predicted octanol–water partition coefficient (Wildman–Crippen LogP) is 5.79. The van der Waals surface area contributed by atoms with Gasteiger partial charge >= 0.3 is 0 Å². The number of nitrogens with zero attached hydrogens (tertiary/aromatic N) is 1. The molecule has 1 saturated carbocycles. The summed E-state index contributed by atoms with van der Waals surface area (Å²) in [7, 11) is 0. The molecular formula is C31H41N2O2+. The standard InChI is InChI=1S/C31H40N2O2/c1-2-25-18-19-33(22-29(25)34-23-24-12-6-3-7-13-24)21-28-20-32-31(35-28)30(26-14-8-4-9-15-26)27-16-10-5-11-17-27/h3-4,6-9,12-15,20,25,27,29-30H,2,5,10-11,16-19,21-23H2,1H3/p+1. The topological polar surface area (TPSA) is 39.7 Å². The zero-order valence-corrected chi connectivity index (χ0v) is 21.2. The highest BCUT2D eigenvalue weighted by atomic mass is 16.5. The fraction of sp³-hybridized carbons (Fsp3) is 0.516. The number of piperidine rings is 1. The molecule has 1 aromatic heterocycles. The van der Waals surface area contributed by atoms with Crippen molar-refractivity contribution in [3.8, 4) is 0 Å². The van der Waals surface area contributed by atoms with Crippen LogP contribution in [0.5, 0.6) is 0 Å². The molecule has 2 aliphatic rings. The van der Waals surface area contributed by atoms with E-state index >= 15 is 0 Å². The lowest BCUT2D eigenvalue weighted by atomic mass is 9.77. The Hall–Kier alpha value is -2.43. The lowest BCUT2D eigenvalue weighted by Gasteiger charge is -2.35. The number of quaternary nitrogens is 1. The molecule has 1 N–H and O–H groups in total. The number of nitrogens with one attached hydrogen (secondary N) is 1. The van der Waals surface area contributed by atoms with Crippen LogP contribution in [0.4, 0.5) is 0 Å². The second kappa shape index (κ2) is 12.0. The predicted molar refractivity (Wildman–Crippen MR) is 139 cm³/mol. The number of likely N-dealkylation sites (tertiary alicyclic amines) is 1. The van der Waals surface area contributed by atoms with Crippen molar-refractivity contribution in [2.75, 3.05) is 13.1 Å². The fourth-order valence-corrected chi connectivity index (χ4v) is 6.27. The molecule has 1 aliphatic carbocycles. The van der Waals surface area contributed by atoms with E-state index in [-0.39, 0.29) is 5.92 Å². The molecule has 2 aromatic carbocycles. The summed E-state index contributed by atoms with van der Waals surface area (Å²) < 4.78 is 13.0. The largest absolute Gasteiger partial charge is 0.439 e. The van der Waals surface area contributed by atoms with Gasteiger partial charge in [0.25, 0.3) is 0 Å². The quantitative estimate of drug-likeness (QED) is 0.428. The van der Waals surface area contributed by atoms with E-state index in [1.165, 1.54) is 62.6 Å². The summed E-state index contributed by atoms with van der Waals surface area (Å²) in [5.74, 6) is 3.47. The lowest BCUT2D eigenvalue weighted by molar-refractivity contribution is -0.924. The minimum absolute atomic E-state index is 0.271. The van der Waals surface area contributed by atoms with E-state index in [0.29, 0.717) is 24.5 Å². The summed E-state index contributed by atoms with van der Waals surface area (Å²) in [5.41, 5.74) is 2.60. The van der Waals surface area contributed by atoms with Gasteiger partial charge in [0, 0.05) is 6.42 Å². The highest BCUT2D eigenvalue weighted by Gasteiger charge is 2.34. The van der Waals surface area contributed by atoms with Gasteiger partial charge in [-0.2, -0.15) is 0 Å². The van der Waals surface area contributed by atoms with E-state index in [0.717, 1.165) is 24.7 Å². The first-order valence-corrected chi connectivity index (χ1v) is 13.8. The molecule has 1 aliphatic heterocycles. The number of ether oxygens (including phenoxy) is 1. The Labute approximate surface area is 210 Å². The van der Waals surface area contributed by atoms with Crippen molar-refractivity contribution in [3.05, 3.63) is 89.6 Å². The van der Waals surface area contributed by atoms with Crippen molar-refractivity contribution >= 4 is 0 Å². The van der Waals surface area contributed by atoms with E-state index in [1.807, 2.05) is 6.20 Å². The fourth-order valence-electron chi connectivity index (χ4n) is 6.27. The highest BCUT2D eigenvalue weighted by molar-refractivity contribution is 5.26. The second-order valence-electron chi connectivity index (χ2n) is 10.6. The zero-order valence-electron chi connectivity index (χ0n) is 21.2. The molecule has 3 aromatic rings. The van der Waals surface area contributed by atoms with Crippen LogP contribution in [-0.2, 0) is 17.9 Å². The Kier molecular flexibility index (Phi) is 8.33. The van der Waals surface area contributed by atoms with Crippen LogP contribution >= 0.6 is 0 Å². The SMILES string of the molecule is CCC1CC[NH+](Cc2cnc(C(c3ccccc3)C3CCCCC3)o2)CC1OCc1ccccc1. The van der Waals surface area contributed by atoms with Crippen molar-refractivity contribution in [2.45, 2.75) is 77.0 Å². The number of aromatic nitrogens is 1. The molecule has 35 heavy (non-hydrogen) atoms. The molecule has 186 valence electrons. The molecule has 2 fully saturated rings. The molecule has 5 rings (SSSR count). The highest BCUT2D eigenvalue weighted by Crippen LogP contribution is 2.40. The number of hydrogen-bond donors (Lipinski definition) is 1. The van der Waals surface area contributed by atoms with Gasteiger partial charge in [0.15, 0.2) is 5.76 Å². The van der Waals surface area contributed by atoms with Crippen LogP contribution in [0.1, 0.15) is 80.6 Å². The summed E-state index contributed by atoms with van der Waals surface area (Å²) in [6, 6.07) is 21.4. The summed E-state index contributed by atoms with van der Waals surface area (Å²) in [4.78, 5) is 6.39. The molecule has 1 saturated heterocycles.